The zero-order valence-electron chi connectivity index (χ0n) is 11.7. The second-order valence-electron chi connectivity index (χ2n) is 5.04. The fourth-order valence-corrected chi connectivity index (χ4v) is 2.46. The van der Waals surface area contributed by atoms with Crippen LogP contribution in [0.1, 0.15) is 11.1 Å². The Morgan fingerprint density at radius 1 is 1.00 bits per heavy atom. The number of nitrogens with one attached hydrogen (secondary N) is 1. The molecule has 2 nitrogen and oxygen atoms in total. The summed E-state index contributed by atoms with van der Waals surface area (Å²) in [5, 5.41) is 4.59. The molecular weight excluding hydrogens is 263 g/mol. The predicted octanol–water partition coefficient (Wildman–Crippen LogP) is 3.71. The van der Waals surface area contributed by atoms with Crippen molar-refractivity contribution in [2.75, 3.05) is 6.54 Å². The maximum Gasteiger partial charge on any atom is 0.123 e. The van der Waals surface area contributed by atoms with E-state index in [0.717, 1.165) is 30.6 Å². The molecule has 0 unspecified atom stereocenters. The van der Waals surface area contributed by atoms with E-state index in [1.165, 1.54) is 17.0 Å². The third-order valence-electron chi connectivity index (χ3n) is 3.53. The van der Waals surface area contributed by atoms with Crippen LogP contribution in [-0.2, 0) is 13.0 Å². The Labute approximate surface area is 123 Å². The van der Waals surface area contributed by atoms with Gasteiger partial charge in [-0.15, -0.1) is 0 Å². The van der Waals surface area contributed by atoms with Crippen molar-refractivity contribution < 1.29 is 4.39 Å². The molecule has 0 bridgehead atoms. The Kier molecular flexibility index (Phi) is 4.22. The van der Waals surface area contributed by atoms with Crippen molar-refractivity contribution in [2.24, 2.45) is 0 Å². The third kappa shape index (κ3) is 3.44. The maximum atomic E-state index is 13.1. The number of benzene rings is 2. The van der Waals surface area contributed by atoms with Gasteiger partial charge in [-0.3, -0.25) is 4.98 Å². The van der Waals surface area contributed by atoms with E-state index in [2.05, 4.69) is 16.4 Å². The zero-order chi connectivity index (χ0) is 14.5. The molecule has 3 heteroatoms. The smallest absolute Gasteiger partial charge is 0.123 e. The first-order valence-electron chi connectivity index (χ1n) is 7.11. The van der Waals surface area contributed by atoms with Crippen LogP contribution < -0.4 is 5.32 Å². The van der Waals surface area contributed by atoms with E-state index in [0.29, 0.717) is 0 Å². The van der Waals surface area contributed by atoms with Gasteiger partial charge in [-0.1, -0.05) is 30.3 Å². The Hall–Kier alpha value is -2.26. The fourth-order valence-electron chi connectivity index (χ4n) is 2.46. The van der Waals surface area contributed by atoms with Crippen molar-refractivity contribution in [3.8, 4) is 0 Å². The molecule has 1 heterocycles. The standard InChI is InChI=1S/C18H17FN2/c19-16-5-3-4-14(12-16)8-10-20-13-15-9-11-21-18-7-2-1-6-17(15)18/h1-7,9,11-12,20H,8,10,13H2. The Morgan fingerprint density at radius 2 is 1.90 bits per heavy atom. The second-order valence-corrected chi connectivity index (χ2v) is 5.04. The number of nitrogens with zero attached hydrogens (tertiary/aromatic N) is 1. The number of pyridine rings is 1. The molecule has 0 saturated carbocycles. The maximum absolute atomic E-state index is 13.1. The van der Waals surface area contributed by atoms with Gasteiger partial charge in [0.1, 0.15) is 5.82 Å². The van der Waals surface area contributed by atoms with Crippen LogP contribution in [-0.4, -0.2) is 11.5 Å². The first-order valence-corrected chi connectivity index (χ1v) is 7.11. The van der Waals surface area contributed by atoms with Gasteiger partial charge in [0.2, 0.25) is 0 Å². The molecule has 0 fully saturated rings. The molecule has 0 saturated heterocycles. The number of fused-ring (bicyclic) bond motifs is 1. The number of para-hydroxylation sites is 1. The topological polar surface area (TPSA) is 24.9 Å². The first-order chi connectivity index (χ1) is 10.3. The number of aromatic nitrogens is 1. The summed E-state index contributed by atoms with van der Waals surface area (Å²) in [7, 11) is 0. The van der Waals surface area contributed by atoms with Gasteiger partial charge in [-0.2, -0.15) is 0 Å². The van der Waals surface area contributed by atoms with Crippen LogP contribution in [0.3, 0.4) is 0 Å². The fraction of sp³-hybridized carbons (Fsp3) is 0.167. The number of hydrogen-bond acceptors (Lipinski definition) is 2. The Morgan fingerprint density at radius 3 is 2.81 bits per heavy atom. The lowest BCUT2D eigenvalue weighted by Gasteiger charge is -2.08. The minimum Gasteiger partial charge on any atom is -0.312 e. The van der Waals surface area contributed by atoms with E-state index in [-0.39, 0.29) is 5.82 Å². The summed E-state index contributed by atoms with van der Waals surface area (Å²) < 4.78 is 13.1. The average molecular weight is 280 g/mol. The molecule has 21 heavy (non-hydrogen) atoms. The second kappa shape index (κ2) is 6.46. The molecule has 3 aromatic rings. The summed E-state index contributed by atoms with van der Waals surface area (Å²) in [6.45, 7) is 1.61. The van der Waals surface area contributed by atoms with Gasteiger partial charge in [-0.25, -0.2) is 4.39 Å². The average Bonchev–Trinajstić information content (AvgIpc) is 2.52. The lowest BCUT2D eigenvalue weighted by molar-refractivity contribution is 0.622. The first kappa shape index (κ1) is 13.7. The SMILES string of the molecule is Fc1cccc(CCNCc2ccnc3ccccc23)c1. The highest BCUT2D eigenvalue weighted by Crippen LogP contribution is 2.15. The summed E-state index contributed by atoms with van der Waals surface area (Å²) >= 11 is 0. The largest absolute Gasteiger partial charge is 0.312 e. The van der Waals surface area contributed by atoms with Crippen molar-refractivity contribution in [3.63, 3.8) is 0 Å². The molecule has 0 aliphatic carbocycles. The van der Waals surface area contributed by atoms with E-state index in [1.807, 2.05) is 36.5 Å². The lowest BCUT2D eigenvalue weighted by Crippen LogP contribution is -2.17. The number of halogens is 1. The molecule has 0 atom stereocenters. The van der Waals surface area contributed by atoms with Crippen LogP contribution in [0.15, 0.2) is 60.8 Å². The van der Waals surface area contributed by atoms with Gasteiger partial charge in [0, 0.05) is 18.1 Å². The van der Waals surface area contributed by atoms with Crippen LogP contribution in [0.5, 0.6) is 0 Å². The molecule has 0 spiro atoms. The molecule has 0 amide bonds. The highest BCUT2D eigenvalue weighted by atomic mass is 19.1. The molecule has 3 rings (SSSR count). The molecule has 1 aromatic heterocycles. The summed E-state index contributed by atoms with van der Waals surface area (Å²) in [6, 6.07) is 16.9. The minimum absolute atomic E-state index is 0.173. The number of rotatable bonds is 5. The van der Waals surface area contributed by atoms with Gasteiger partial charge in [0.25, 0.3) is 0 Å². The molecular formula is C18H17FN2. The van der Waals surface area contributed by atoms with Gasteiger partial charge in [0.15, 0.2) is 0 Å². The summed E-state index contributed by atoms with van der Waals surface area (Å²) in [5.74, 6) is -0.173. The molecule has 0 aliphatic rings. The van der Waals surface area contributed by atoms with E-state index in [9.17, 15) is 4.39 Å². The van der Waals surface area contributed by atoms with Crippen LogP contribution in [0, 0.1) is 5.82 Å². The summed E-state index contributed by atoms with van der Waals surface area (Å²) in [4.78, 5) is 4.36. The lowest BCUT2D eigenvalue weighted by atomic mass is 10.1. The monoisotopic (exact) mass is 280 g/mol. The molecule has 0 aliphatic heterocycles. The van der Waals surface area contributed by atoms with Crippen molar-refractivity contribution in [1.29, 1.82) is 0 Å². The van der Waals surface area contributed by atoms with Crippen molar-refractivity contribution in [2.45, 2.75) is 13.0 Å². The van der Waals surface area contributed by atoms with Crippen LogP contribution in [0.2, 0.25) is 0 Å². The third-order valence-corrected chi connectivity index (χ3v) is 3.53. The quantitative estimate of drug-likeness (QED) is 0.721. The van der Waals surface area contributed by atoms with Crippen LogP contribution in [0.25, 0.3) is 10.9 Å². The van der Waals surface area contributed by atoms with Gasteiger partial charge < -0.3 is 5.32 Å². The van der Waals surface area contributed by atoms with E-state index >= 15 is 0 Å². The van der Waals surface area contributed by atoms with E-state index < -0.39 is 0 Å². The summed E-state index contributed by atoms with van der Waals surface area (Å²) in [5.41, 5.74) is 3.27. The number of hydrogen-bond donors (Lipinski definition) is 1. The molecule has 0 radical (unpaired) electrons. The van der Waals surface area contributed by atoms with Gasteiger partial charge >= 0.3 is 0 Å². The van der Waals surface area contributed by atoms with Crippen LogP contribution in [0.4, 0.5) is 4.39 Å². The van der Waals surface area contributed by atoms with Crippen molar-refractivity contribution >= 4 is 10.9 Å². The van der Waals surface area contributed by atoms with Gasteiger partial charge in [-0.05, 0) is 48.4 Å². The highest BCUT2D eigenvalue weighted by molar-refractivity contribution is 5.81. The van der Waals surface area contributed by atoms with Crippen molar-refractivity contribution in [1.82, 2.24) is 10.3 Å². The van der Waals surface area contributed by atoms with Crippen LogP contribution >= 0.6 is 0 Å². The molecule has 2 aromatic carbocycles. The normalized spacial score (nSPS) is 10.9. The predicted molar refractivity (Wildman–Crippen MR) is 83.6 cm³/mol. The Balaban J connectivity index is 1.60. The molecule has 1 N–H and O–H groups in total. The Bertz CT molecular complexity index is 735. The van der Waals surface area contributed by atoms with E-state index in [1.54, 1.807) is 12.1 Å². The minimum atomic E-state index is -0.173. The molecule has 106 valence electrons. The highest BCUT2D eigenvalue weighted by Gasteiger charge is 2.01. The summed E-state index contributed by atoms with van der Waals surface area (Å²) in [6.07, 6.45) is 2.66. The van der Waals surface area contributed by atoms with E-state index in [4.69, 9.17) is 0 Å². The zero-order valence-corrected chi connectivity index (χ0v) is 11.7. The van der Waals surface area contributed by atoms with Gasteiger partial charge in [0.05, 0.1) is 5.52 Å². The van der Waals surface area contributed by atoms with Crippen molar-refractivity contribution in [3.05, 3.63) is 77.7 Å².